The minimum Gasteiger partial charge on any atom is -0.464 e. The van der Waals surface area contributed by atoms with E-state index in [0.29, 0.717) is 16.8 Å². The van der Waals surface area contributed by atoms with Crippen molar-refractivity contribution in [2.24, 2.45) is 7.05 Å². The number of furan rings is 1. The Labute approximate surface area is 106 Å². The van der Waals surface area contributed by atoms with E-state index in [1.165, 1.54) is 18.0 Å². The van der Waals surface area contributed by atoms with E-state index in [2.05, 4.69) is 5.10 Å². The van der Waals surface area contributed by atoms with E-state index in [4.69, 9.17) is 4.42 Å². The molecule has 0 spiro atoms. The molecule has 3 rings (SSSR count). The maximum absolute atomic E-state index is 12.6. The predicted molar refractivity (Wildman–Crippen MR) is 63.4 cm³/mol. The molecule has 2 heterocycles. The van der Waals surface area contributed by atoms with Gasteiger partial charge in [0.2, 0.25) is 0 Å². The Balaban J connectivity index is 2.20. The third-order valence-corrected chi connectivity index (χ3v) is 2.93. The lowest BCUT2D eigenvalue weighted by Crippen LogP contribution is -2.06. The SMILES string of the molecule is Cn1nc(C(F)(F)F)cc1-c1coc2ccccc12. The van der Waals surface area contributed by atoms with Crippen LogP contribution in [0.15, 0.2) is 41.0 Å². The molecule has 0 saturated carbocycles. The molecule has 0 fully saturated rings. The Morgan fingerprint density at radius 1 is 1.21 bits per heavy atom. The summed E-state index contributed by atoms with van der Waals surface area (Å²) in [6.07, 6.45) is -3.00. The second-order valence-corrected chi connectivity index (χ2v) is 4.18. The van der Waals surface area contributed by atoms with Gasteiger partial charge in [-0.15, -0.1) is 0 Å². The van der Waals surface area contributed by atoms with Crippen molar-refractivity contribution in [2.75, 3.05) is 0 Å². The molecule has 0 radical (unpaired) electrons. The van der Waals surface area contributed by atoms with E-state index in [-0.39, 0.29) is 0 Å². The maximum Gasteiger partial charge on any atom is 0.435 e. The summed E-state index contributed by atoms with van der Waals surface area (Å²) < 4.78 is 44.5. The lowest BCUT2D eigenvalue weighted by molar-refractivity contribution is -0.141. The first-order chi connectivity index (χ1) is 8.97. The van der Waals surface area contributed by atoms with Gasteiger partial charge in [0.05, 0.1) is 5.69 Å². The first kappa shape index (κ1) is 11.8. The number of alkyl halides is 3. The third kappa shape index (κ3) is 1.89. The van der Waals surface area contributed by atoms with Crippen molar-refractivity contribution < 1.29 is 17.6 Å². The smallest absolute Gasteiger partial charge is 0.435 e. The number of aromatic nitrogens is 2. The molecule has 0 amide bonds. The van der Waals surface area contributed by atoms with Gasteiger partial charge in [-0.05, 0) is 12.1 Å². The van der Waals surface area contributed by atoms with E-state index in [0.717, 1.165) is 11.5 Å². The predicted octanol–water partition coefficient (Wildman–Crippen LogP) is 3.85. The Bertz CT molecular complexity index is 740. The van der Waals surface area contributed by atoms with Crippen LogP contribution in [-0.4, -0.2) is 9.78 Å². The average Bonchev–Trinajstić information content (AvgIpc) is 2.91. The van der Waals surface area contributed by atoms with Gasteiger partial charge in [0.25, 0.3) is 0 Å². The van der Waals surface area contributed by atoms with Crippen molar-refractivity contribution in [1.82, 2.24) is 9.78 Å². The molecule has 0 unspecified atom stereocenters. The molecule has 0 aliphatic carbocycles. The van der Waals surface area contributed by atoms with Crippen LogP contribution >= 0.6 is 0 Å². The van der Waals surface area contributed by atoms with Crippen LogP contribution in [0.1, 0.15) is 5.69 Å². The zero-order chi connectivity index (χ0) is 13.6. The van der Waals surface area contributed by atoms with Gasteiger partial charge in [0.15, 0.2) is 5.69 Å². The number of halogens is 3. The molecule has 0 bridgehead atoms. The summed E-state index contributed by atoms with van der Waals surface area (Å²) in [7, 11) is 1.48. The molecule has 3 nitrogen and oxygen atoms in total. The Morgan fingerprint density at radius 3 is 2.63 bits per heavy atom. The molecule has 3 aromatic rings. The summed E-state index contributed by atoms with van der Waals surface area (Å²) >= 11 is 0. The van der Waals surface area contributed by atoms with Gasteiger partial charge in [-0.2, -0.15) is 18.3 Å². The highest BCUT2D eigenvalue weighted by Crippen LogP contribution is 2.34. The lowest BCUT2D eigenvalue weighted by Gasteiger charge is -1.99. The van der Waals surface area contributed by atoms with Crippen LogP contribution < -0.4 is 0 Å². The first-order valence-corrected chi connectivity index (χ1v) is 5.54. The van der Waals surface area contributed by atoms with Crippen molar-refractivity contribution in [3.8, 4) is 11.3 Å². The van der Waals surface area contributed by atoms with Crippen molar-refractivity contribution in [3.63, 3.8) is 0 Å². The third-order valence-electron chi connectivity index (χ3n) is 2.93. The van der Waals surface area contributed by atoms with Crippen LogP contribution in [0.3, 0.4) is 0 Å². The molecule has 2 aromatic heterocycles. The summed E-state index contributed by atoms with van der Waals surface area (Å²) in [6, 6.07) is 8.20. The molecular formula is C13H9F3N2O. The minimum absolute atomic E-state index is 0.372. The summed E-state index contributed by atoms with van der Waals surface area (Å²) in [5.74, 6) is 0. The van der Waals surface area contributed by atoms with E-state index >= 15 is 0 Å². The van der Waals surface area contributed by atoms with Gasteiger partial charge in [-0.1, -0.05) is 18.2 Å². The average molecular weight is 266 g/mol. The number of rotatable bonds is 1. The summed E-state index contributed by atoms with van der Waals surface area (Å²) in [5, 5.41) is 4.26. The standard InChI is InChI=1S/C13H9F3N2O/c1-18-10(6-12(17-18)13(14,15)16)9-7-19-11-5-3-2-4-8(9)11/h2-7H,1H3. The molecule has 0 atom stereocenters. The zero-order valence-corrected chi connectivity index (χ0v) is 9.90. The first-order valence-electron chi connectivity index (χ1n) is 5.54. The highest BCUT2D eigenvalue weighted by molar-refractivity contribution is 5.93. The normalized spacial score (nSPS) is 12.2. The number of fused-ring (bicyclic) bond motifs is 1. The van der Waals surface area contributed by atoms with Crippen molar-refractivity contribution in [1.29, 1.82) is 0 Å². The summed E-state index contributed by atoms with van der Waals surface area (Å²) in [5.41, 5.74) is 0.695. The molecule has 1 aromatic carbocycles. The van der Waals surface area contributed by atoms with Crippen LogP contribution in [0.25, 0.3) is 22.2 Å². The Kier molecular flexibility index (Phi) is 2.41. The van der Waals surface area contributed by atoms with Gasteiger partial charge >= 0.3 is 6.18 Å². The number of hydrogen-bond donors (Lipinski definition) is 0. The highest BCUT2D eigenvalue weighted by Gasteiger charge is 2.35. The summed E-state index contributed by atoms with van der Waals surface area (Å²) in [4.78, 5) is 0. The van der Waals surface area contributed by atoms with E-state index in [1.54, 1.807) is 18.2 Å². The van der Waals surface area contributed by atoms with Crippen LogP contribution in [0.4, 0.5) is 13.2 Å². The fourth-order valence-electron chi connectivity index (χ4n) is 2.03. The summed E-state index contributed by atoms with van der Waals surface area (Å²) in [6.45, 7) is 0. The minimum atomic E-state index is -4.45. The van der Waals surface area contributed by atoms with E-state index < -0.39 is 11.9 Å². The number of aryl methyl sites for hydroxylation is 1. The quantitative estimate of drug-likeness (QED) is 0.669. The fraction of sp³-hybridized carbons (Fsp3) is 0.154. The van der Waals surface area contributed by atoms with Gasteiger partial charge in [-0.25, -0.2) is 0 Å². The number of para-hydroxylation sites is 1. The van der Waals surface area contributed by atoms with E-state index in [1.807, 2.05) is 6.07 Å². The molecule has 19 heavy (non-hydrogen) atoms. The van der Waals surface area contributed by atoms with Gasteiger partial charge in [-0.3, -0.25) is 4.68 Å². The zero-order valence-electron chi connectivity index (χ0n) is 9.90. The van der Waals surface area contributed by atoms with Crippen molar-refractivity contribution >= 4 is 11.0 Å². The van der Waals surface area contributed by atoms with Crippen LogP contribution in [0.5, 0.6) is 0 Å². The lowest BCUT2D eigenvalue weighted by atomic mass is 10.1. The van der Waals surface area contributed by atoms with Crippen molar-refractivity contribution in [3.05, 3.63) is 42.3 Å². The molecule has 0 aliphatic rings. The maximum atomic E-state index is 12.6. The topological polar surface area (TPSA) is 31.0 Å². The van der Waals surface area contributed by atoms with Crippen molar-refractivity contribution in [2.45, 2.75) is 6.18 Å². The highest BCUT2D eigenvalue weighted by atomic mass is 19.4. The molecular weight excluding hydrogens is 257 g/mol. The van der Waals surface area contributed by atoms with Crippen LogP contribution in [0.2, 0.25) is 0 Å². The fourth-order valence-corrected chi connectivity index (χ4v) is 2.03. The van der Waals surface area contributed by atoms with Crippen LogP contribution in [0, 0.1) is 0 Å². The molecule has 0 N–H and O–H groups in total. The van der Waals surface area contributed by atoms with Gasteiger partial charge in [0.1, 0.15) is 11.8 Å². The largest absolute Gasteiger partial charge is 0.464 e. The number of hydrogen-bond acceptors (Lipinski definition) is 2. The second-order valence-electron chi connectivity index (χ2n) is 4.18. The molecule has 6 heteroatoms. The van der Waals surface area contributed by atoms with Crippen LogP contribution in [-0.2, 0) is 13.2 Å². The number of benzene rings is 1. The Morgan fingerprint density at radius 2 is 1.95 bits per heavy atom. The van der Waals surface area contributed by atoms with E-state index in [9.17, 15) is 13.2 Å². The number of nitrogens with zero attached hydrogens (tertiary/aromatic N) is 2. The molecule has 0 aliphatic heterocycles. The monoisotopic (exact) mass is 266 g/mol. The second kappa shape index (κ2) is 3.88. The Hall–Kier alpha value is -2.24. The molecule has 98 valence electrons. The van der Waals surface area contributed by atoms with Gasteiger partial charge < -0.3 is 4.42 Å². The van der Waals surface area contributed by atoms with Gasteiger partial charge in [0, 0.05) is 18.0 Å². The molecule has 0 saturated heterocycles.